The first-order valence-corrected chi connectivity index (χ1v) is 8.57. The fourth-order valence-electron chi connectivity index (χ4n) is 3.34. The van der Waals surface area contributed by atoms with Crippen LogP contribution < -0.4 is 5.32 Å². The number of alkyl halides is 3. The van der Waals surface area contributed by atoms with E-state index in [1.807, 2.05) is 18.7 Å². The summed E-state index contributed by atoms with van der Waals surface area (Å²) in [5.74, 6) is -0.811. The molecular formula is C18H25F3N2O2. The highest BCUT2D eigenvalue weighted by molar-refractivity contribution is 5.69. The molecule has 2 rings (SSSR count). The number of hydrogen-bond acceptors (Lipinski definition) is 3. The lowest BCUT2D eigenvalue weighted by Crippen LogP contribution is -2.55. The van der Waals surface area contributed by atoms with Crippen LogP contribution in [0.4, 0.5) is 13.2 Å². The van der Waals surface area contributed by atoms with Crippen LogP contribution in [0.15, 0.2) is 24.3 Å². The van der Waals surface area contributed by atoms with E-state index in [2.05, 4.69) is 5.32 Å². The van der Waals surface area contributed by atoms with Crippen molar-refractivity contribution in [1.82, 2.24) is 10.2 Å². The molecule has 0 heterocycles. The van der Waals surface area contributed by atoms with Crippen molar-refractivity contribution < 1.29 is 23.1 Å². The van der Waals surface area contributed by atoms with Crippen molar-refractivity contribution in [3.8, 4) is 0 Å². The van der Waals surface area contributed by atoms with E-state index < -0.39 is 17.7 Å². The molecule has 0 aliphatic heterocycles. The van der Waals surface area contributed by atoms with Crippen LogP contribution in [-0.4, -0.2) is 47.2 Å². The van der Waals surface area contributed by atoms with Gasteiger partial charge in [-0.1, -0.05) is 19.1 Å². The molecule has 0 amide bonds. The average molecular weight is 358 g/mol. The Morgan fingerprint density at radius 3 is 2.40 bits per heavy atom. The predicted molar refractivity (Wildman–Crippen MR) is 89.4 cm³/mol. The lowest BCUT2D eigenvalue weighted by atomic mass is 9.84. The Balaban J connectivity index is 1.76. The molecule has 2 N–H and O–H groups in total. The van der Waals surface area contributed by atoms with Gasteiger partial charge in [-0.15, -0.1) is 0 Å². The van der Waals surface area contributed by atoms with Crippen LogP contribution in [0, 0.1) is 0 Å². The molecule has 0 spiro atoms. The molecule has 4 nitrogen and oxygen atoms in total. The molecule has 0 bridgehead atoms. The Kier molecular flexibility index (Phi) is 6.46. The van der Waals surface area contributed by atoms with Gasteiger partial charge in [0.1, 0.15) is 0 Å². The van der Waals surface area contributed by atoms with E-state index in [0.717, 1.165) is 30.5 Å². The van der Waals surface area contributed by atoms with Gasteiger partial charge in [0, 0.05) is 18.1 Å². The first-order valence-electron chi connectivity index (χ1n) is 8.57. The molecule has 0 saturated heterocycles. The first kappa shape index (κ1) is 19.7. The van der Waals surface area contributed by atoms with E-state index in [0.29, 0.717) is 19.0 Å². The number of nitrogens with zero attached hydrogens (tertiary/aromatic N) is 1. The van der Waals surface area contributed by atoms with Crippen molar-refractivity contribution in [2.45, 2.75) is 57.4 Å². The van der Waals surface area contributed by atoms with Crippen LogP contribution in [0.1, 0.15) is 37.8 Å². The van der Waals surface area contributed by atoms with Crippen LogP contribution in [-0.2, 0) is 17.4 Å². The zero-order valence-corrected chi connectivity index (χ0v) is 14.5. The van der Waals surface area contributed by atoms with Crippen molar-refractivity contribution in [3.63, 3.8) is 0 Å². The zero-order valence-electron chi connectivity index (χ0n) is 14.5. The van der Waals surface area contributed by atoms with Crippen molar-refractivity contribution >= 4 is 5.97 Å². The van der Waals surface area contributed by atoms with E-state index in [-0.39, 0.29) is 18.6 Å². The number of halogens is 3. The Morgan fingerprint density at radius 2 is 1.92 bits per heavy atom. The Bertz CT molecular complexity index is 569. The minimum atomic E-state index is -4.30. The molecular weight excluding hydrogens is 333 g/mol. The van der Waals surface area contributed by atoms with Gasteiger partial charge in [0.05, 0.1) is 12.1 Å². The van der Waals surface area contributed by atoms with Gasteiger partial charge in [-0.2, -0.15) is 13.2 Å². The van der Waals surface area contributed by atoms with Gasteiger partial charge in [-0.05, 0) is 50.4 Å². The minimum Gasteiger partial charge on any atom is -0.480 e. The highest BCUT2D eigenvalue weighted by Crippen LogP contribution is 2.29. The van der Waals surface area contributed by atoms with Crippen LogP contribution in [0.3, 0.4) is 0 Å². The zero-order chi connectivity index (χ0) is 18.6. The largest absolute Gasteiger partial charge is 0.480 e. The monoisotopic (exact) mass is 358 g/mol. The molecule has 1 saturated carbocycles. The number of rotatable bonds is 8. The Morgan fingerprint density at radius 1 is 1.32 bits per heavy atom. The van der Waals surface area contributed by atoms with E-state index in [1.165, 1.54) is 12.1 Å². The summed E-state index contributed by atoms with van der Waals surface area (Å²) in [6.45, 7) is 4.75. The maximum Gasteiger partial charge on any atom is 0.416 e. The quantitative estimate of drug-likeness (QED) is 0.750. The maximum atomic E-state index is 12.6. The summed E-state index contributed by atoms with van der Waals surface area (Å²) < 4.78 is 37.7. The first-order chi connectivity index (χ1) is 11.7. The minimum absolute atomic E-state index is 0.0645. The van der Waals surface area contributed by atoms with E-state index in [1.54, 1.807) is 0 Å². The summed E-state index contributed by atoms with van der Waals surface area (Å²) in [6.07, 6.45) is -1.84. The van der Waals surface area contributed by atoms with Crippen LogP contribution in [0.25, 0.3) is 0 Å². The van der Waals surface area contributed by atoms with Gasteiger partial charge < -0.3 is 10.4 Å². The molecule has 1 aliphatic rings. The number of hydrogen-bond donors (Lipinski definition) is 2. The predicted octanol–water partition coefficient (Wildman–Crippen LogP) is 3.16. The van der Waals surface area contributed by atoms with Gasteiger partial charge >= 0.3 is 12.1 Å². The van der Waals surface area contributed by atoms with Crippen LogP contribution >= 0.6 is 0 Å². The molecule has 1 atom stereocenters. The van der Waals surface area contributed by atoms with E-state index >= 15 is 0 Å². The average Bonchev–Trinajstić information content (AvgIpc) is 2.48. The summed E-state index contributed by atoms with van der Waals surface area (Å²) in [6, 6.07) is 6.05. The molecule has 1 unspecified atom stereocenters. The molecule has 140 valence electrons. The van der Waals surface area contributed by atoms with Crippen LogP contribution in [0.5, 0.6) is 0 Å². The number of nitrogens with one attached hydrogen (secondary N) is 1. The summed E-state index contributed by atoms with van der Waals surface area (Å²) in [5, 5.41) is 12.4. The van der Waals surface area contributed by atoms with Gasteiger partial charge in [0.25, 0.3) is 0 Å². The van der Waals surface area contributed by atoms with Crippen LogP contribution in [0.2, 0.25) is 0 Å². The third-order valence-corrected chi connectivity index (χ3v) is 4.72. The molecule has 0 radical (unpaired) electrons. The number of aliphatic carboxylic acids is 1. The topological polar surface area (TPSA) is 52.6 Å². The fourth-order valence-corrected chi connectivity index (χ4v) is 3.34. The number of likely N-dealkylation sites (N-methyl/N-ethyl adjacent to an activating group) is 1. The van der Waals surface area contributed by atoms with Gasteiger partial charge in [0.15, 0.2) is 0 Å². The van der Waals surface area contributed by atoms with Crippen molar-refractivity contribution in [2.24, 2.45) is 0 Å². The van der Waals surface area contributed by atoms with Crippen molar-refractivity contribution in [2.75, 3.05) is 13.1 Å². The second kappa shape index (κ2) is 8.19. The number of carboxylic acid groups (broad SMARTS) is 1. The second-order valence-electron chi connectivity index (χ2n) is 6.75. The molecule has 7 heteroatoms. The Labute approximate surface area is 146 Å². The standard InChI is InChI=1S/C18H25F3N2O2/c1-3-23(11-17(24)25)16-9-15(10-16)22-12(2)8-13-4-6-14(7-5-13)18(19,20)21/h4-7,12,15-16,22H,3,8-11H2,1-2H3,(H,24,25). The van der Waals surface area contributed by atoms with Crippen molar-refractivity contribution in [3.05, 3.63) is 35.4 Å². The second-order valence-corrected chi connectivity index (χ2v) is 6.75. The maximum absolute atomic E-state index is 12.6. The lowest BCUT2D eigenvalue weighted by Gasteiger charge is -2.43. The van der Waals surface area contributed by atoms with Gasteiger partial charge in [-0.3, -0.25) is 9.69 Å². The number of carbonyl (C=O) groups is 1. The van der Waals surface area contributed by atoms with E-state index in [9.17, 15) is 18.0 Å². The molecule has 1 aliphatic carbocycles. The third-order valence-electron chi connectivity index (χ3n) is 4.72. The smallest absolute Gasteiger partial charge is 0.416 e. The van der Waals surface area contributed by atoms with Crippen molar-refractivity contribution in [1.29, 1.82) is 0 Å². The summed E-state index contributed by atoms with van der Waals surface area (Å²) >= 11 is 0. The normalized spacial score (nSPS) is 21.8. The SMILES string of the molecule is CCN(CC(=O)O)C1CC(NC(C)Cc2ccc(C(F)(F)F)cc2)C1. The molecule has 1 fully saturated rings. The molecule has 0 aromatic heterocycles. The molecule has 1 aromatic rings. The molecule has 25 heavy (non-hydrogen) atoms. The summed E-state index contributed by atoms with van der Waals surface area (Å²) in [4.78, 5) is 12.8. The third kappa shape index (κ3) is 5.71. The number of benzene rings is 1. The summed E-state index contributed by atoms with van der Waals surface area (Å²) in [7, 11) is 0. The molecule has 1 aromatic carbocycles. The summed E-state index contributed by atoms with van der Waals surface area (Å²) in [5.41, 5.74) is 0.238. The highest BCUT2D eigenvalue weighted by Gasteiger charge is 2.34. The van der Waals surface area contributed by atoms with Gasteiger partial charge in [0.2, 0.25) is 0 Å². The number of carboxylic acids is 1. The highest BCUT2D eigenvalue weighted by atomic mass is 19.4. The fraction of sp³-hybridized carbons (Fsp3) is 0.611. The van der Waals surface area contributed by atoms with E-state index in [4.69, 9.17) is 5.11 Å². The Hall–Kier alpha value is -1.60. The lowest BCUT2D eigenvalue weighted by molar-refractivity contribution is -0.139. The van der Waals surface area contributed by atoms with Gasteiger partial charge in [-0.25, -0.2) is 0 Å².